The standard InChI is InChI=1S/C22H21Cl2N7O2/c1-30(2)10-20(32)31-8-18-19(9-31)27-22(26-18)21-13-5-12(3-4-17(13)28-29-21)33-11-14-15(23)6-25-7-16(14)24/h3-7H,8-11H2,1-2H3,(H,26,27)(H,28,29). The fourth-order valence-electron chi connectivity index (χ4n) is 3.79. The highest BCUT2D eigenvalue weighted by Gasteiger charge is 2.28. The average molecular weight is 486 g/mol. The van der Waals surface area contributed by atoms with Gasteiger partial charge in [-0.25, -0.2) is 4.98 Å². The molecule has 5 rings (SSSR count). The van der Waals surface area contributed by atoms with E-state index in [4.69, 9.17) is 32.9 Å². The van der Waals surface area contributed by atoms with Gasteiger partial charge in [0.2, 0.25) is 5.91 Å². The maximum absolute atomic E-state index is 12.3. The maximum atomic E-state index is 12.3. The van der Waals surface area contributed by atoms with Gasteiger partial charge < -0.3 is 19.5 Å². The third kappa shape index (κ3) is 4.27. The molecule has 0 bridgehead atoms. The molecule has 0 saturated heterocycles. The van der Waals surface area contributed by atoms with Crippen LogP contribution in [-0.2, 0) is 24.5 Å². The van der Waals surface area contributed by atoms with Gasteiger partial charge in [-0.1, -0.05) is 23.2 Å². The molecule has 11 heteroatoms. The van der Waals surface area contributed by atoms with E-state index in [1.54, 1.807) is 4.90 Å². The first-order valence-corrected chi connectivity index (χ1v) is 11.0. The molecule has 3 aromatic heterocycles. The lowest BCUT2D eigenvalue weighted by molar-refractivity contribution is -0.132. The number of carbonyl (C=O) groups excluding carboxylic acids is 1. The monoisotopic (exact) mass is 485 g/mol. The SMILES string of the molecule is CN(C)CC(=O)N1Cc2nc(-c3n[nH]c4ccc(OCc5c(Cl)cncc5Cl)cc34)[nH]c2C1. The quantitative estimate of drug-likeness (QED) is 0.432. The number of hydrogen-bond donors (Lipinski definition) is 2. The predicted molar refractivity (Wildman–Crippen MR) is 125 cm³/mol. The molecular formula is C22H21Cl2N7O2. The lowest BCUT2D eigenvalue weighted by atomic mass is 10.2. The lowest BCUT2D eigenvalue weighted by Gasteiger charge is -2.18. The first kappa shape index (κ1) is 21.7. The Hall–Kier alpha value is -3.14. The number of carbonyl (C=O) groups is 1. The number of pyridine rings is 1. The van der Waals surface area contributed by atoms with Crippen LogP contribution in [0.1, 0.15) is 17.0 Å². The summed E-state index contributed by atoms with van der Waals surface area (Å²) in [6.07, 6.45) is 3.07. The van der Waals surface area contributed by atoms with Crippen LogP contribution < -0.4 is 4.74 Å². The molecule has 0 radical (unpaired) electrons. The number of H-pyrrole nitrogens is 2. The van der Waals surface area contributed by atoms with Crippen LogP contribution in [0.3, 0.4) is 0 Å². The summed E-state index contributed by atoms with van der Waals surface area (Å²) in [5.74, 6) is 1.38. The van der Waals surface area contributed by atoms with Crippen LogP contribution >= 0.6 is 23.2 Å². The second kappa shape index (κ2) is 8.66. The fraction of sp³-hybridized carbons (Fsp3) is 0.273. The van der Waals surface area contributed by atoms with Crippen molar-refractivity contribution >= 4 is 40.0 Å². The number of hydrogen-bond acceptors (Lipinski definition) is 6. The minimum Gasteiger partial charge on any atom is -0.489 e. The Bertz CT molecular complexity index is 1300. The number of benzene rings is 1. The van der Waals surface area contributed by atoms with E-state index in [9.17, 15) is 4.79 Å². The van der Waals surface area contributed by atoms with Gasteiger partial charge in [0, 0.05) is 23.3 Å². The molecule has 1 aromatic carbocycles. The molecule has 1 aliphatic heterocycles. The highest BCUT2D eigenvalue weighted by molar-refractivity contribution is 6.35. The van der Waals surface area contributed by atoms with Gasteiger partial charge in [-0.3, -0.25) is 14.9 Å². The average Bonchev–Trinajstić information content (AvgIpc) is 3.45. The van der Waals surface area contributed by atoms with E-state index in [1.807, 2.05) is 37.2 Å². The van der Waals surface area contributed by atoms with Gasteiger partial charge in [0.15, 0.2) is 5.82 Å². The smallest absolute Gasteiger partial charge is 0.237 e. The Morgan fingerprint density at radius 3 is 2.73 bits per heavy atom. The summed E-state index contributed by atoms with van der Waals surface area (Å²) in [5, 5.41) is 9.26. The first-order chi connectivity index (χ1) is 15.9. The van der Waals surface area contributed by atoms with Gasteiger partial charge in [0.25, 0.3) is 0 Å². The maximum Gasteiger partial charge on any atom is 0.237 e. The molecule has 170 valence electrons. The van der Waals surface area contributed by atoms with E-state index in [1.165, 1.54) is 12.4 Å². The van der Waals surface area contributed by atoms with Gasteiger partial charge in [0.1, 0.15) is 18.1 Å². The third-order valence-corrected chi connectivity index (χ3v) is 6.10. The van der Waals surface area contributed by atoms with Gasteiger partial charge in [0.05, 0.1) is 46.6 Å². The molecule has 0 saturated carbocycles. The molecule has 4 heterocycles. The van der Waals surface area contributed by atoms with Crippen molar-refractivity contribution in [2.24, 2.45) is 0 Å². The van der Waals surface area contributed by atoms with Crippen molar-refractivity contribution < 1.29 is 9.53 Å². The normalized spacial score (nSPS) is 13.2. The number of imidazole rings is 1. The Balaban J connectivity index is 1.36. The molecule has 9 nitrogen and oxygen atoms in total. The minimum atomic E-state index is 0.0781. The summed E-state index contributed by atoms with van der Waals surface area (Å²) >= 11 is 12.4. The van der Waals surface area contributed by atoms with E-state index < -0.39 is 0 Å². The molecule has 0 spiro atoms. The van der Waals surface area contributed by atoms with E-state index >= 15 is 0 Å². The van der Waals surface area contributed by atoms with Gasteiger partial charge in [-0.2, -0.15) is 5.10 Å². The largest absolute Gasteiger partial charge is 0.489 e. The topological polar surface area (TPSA) is 103 Å². The Kier molecular flexibility index (Phi) is 5.69. The Morgan fingerprint density at radius 2 is 2.00 bits per heavy atom. The van der Waals surface area contributed by atoms with Gasteiger partial charge in [-0.15, -0.1) is 0 Å². The van der Waals surface area contributed by atoms with Crippen LogP contribution in [0.4, 0.5) is 0 Å². The van der Waals surface area contributed by atoms with E-state index in [0.717, 1.165) is 22.3 Å². The molecule has 0 fully saturated rings. The molecule has 1 amide bonds. The second-order valence-corrected chi connectivity index (χ2v) is 8.96. The molecule has 0 aliphatic carbocycles. The minimum absolute atomic E-state index is 0.0781. The lowest BCUT2D eigenvalue weighted by Crippen LogP contribution is -2.34. The van der Waals surface area contributed by atoms with Crippen molar-refractivity contribution in [2.45, 2.75) is 19.7 Å². The number of nitrogens with zero attached hydrogens (tertiary/aromatic N) is 5. The number of amides is 1. The number of rotatable bonds is 6. The van der Waals surface area contributed by atoms with Crippen LogP contribution in [-0.4, -0.2) is 61.5 Å². The number of nitrogens with one attached hydrogen (secondary N) is 2. The molecule has 4 aromatic rings. The summed E-state index contributed by atoms with van der Waals surface area (Å²) in [4.78, 5) is 28.0. The van der Waals surface area contributed by atoms with Crippen molar-refractivity contribution in [3.8, 4) is 17.3 Å². The number of aromatic amines is 2. The molecule has 0 unspecified atom stereocenters. The van der Waals surface area contributed by atoms with Crippen LogP contribution in [0.2, 0.25) is 10.0 Å². The number of halogens is 2. The second-order valence-electron chi connectivity index (χ2n) is 8.15. The highest BCUT2D eigenvalue weighted by Crippen LogP contribution is 2.31. The van der Waals surface area contributed by atoms with Crippen molar-refractivity contribution in [1.29, 1.82) is 0 Å². The van der Waals surface area contributed by atoms with Crippen LogP contribution in [0.15, 0.2) is 30.6 Å². The molecule has 33 heavy (non-hydrogen) atoms. The molecule has 2 N–H and O–H groups in total. The molecular weight excluding hydrogens is 465 g/mol. The fourth-order valence-corrected chi connectivity index (χ4v) is 4.26. The first-order valence-electron chi connectivity index (χ1n) is 10.3. The van der Waals surface area contributed by atoms with Crippen LogP contribution in [0.5, 0.6) is 5.75 Å². The summed E-state index contributed by atoms with van der Waals surface area (Å²) in [6.45, 7) is 1.59. The zero-order valence-electron chi connectivity index (χ0n) is 18.0. The number of ether oxygens (including phenoxy) is 1. The Labute approximate surface area is 199 Å². The van der Waals surface area contributed by atoms with E-state index in [0.29, 0.717) is 52.5 Å². The van der Waals surface area contributed by atoms with E-state index in [-0.39, 0.29) is 12.5 Å². The summed E-state index contributed by atoms with van der Waals surface area (Å²) in [6, 6.07) is 5.65. The summed E-state index contributed by atoms with van der Waals surface area (Å²) in [7, 11) is 3.76. The number of likely N-dealkylation sites (N-methyl/N-ethyl adjacent to an activating group) is 1. The predicted octanol–water partition coefficient (Wildman–Crippen LogP) is 3.64. The zero-order chi connectivity index (χ0) is 23.1. The van der Waals surface area contributed by atoms with Crippen molar-refractivity contribution in [3.63, 3.8) is 0 Å². The molecule has 1 aliphatic rings. The number of aromatic nitrogens is 5. The molecule has 0 atom stereocenters. The van der Waals surface area contributed by atoms with Crippen LogP contribution in [0.25, 0.3) is 22.4 Å². The number of fused-ring (bicyclic) bond motifs is 2. The van der Waals surface area contributed by atoms with E-state index in [2.05, 4.69) is 20.2 Å². The Morgan fingerprint density at radius 1 is 1.21 bits per heavy atom. The zero-order valence-corrected chi connectivity index (χ0v) is 19.5. The summed E-state index contributed by atoms with van der Waals surface area (Å²) < 4.78 is 5.94. The van der Waals surface area contributed by atoms with Crippen molar-refractivity contribution in [2.75, 3.05) is 20.6 Å². The third-order valence-electron chi connectivity index (χ3n) is 5.45. The van der Waals surface area contributed by atoms with Crippen molar-refractivity contribution in [3.05, 3.63) is 57.6 Å². The van der Waals surface area contributed by atoms with Gasteiger partial charge >= 0.3 is 0 Å². The highest BCUT2D eigenvalue weighted by atomic mass is 35.5. The summed E-state index contributed by atoms with van der Waals surface area (Å²) in [5.41, 5.74) is 4.02. The van der Waals surface area contributed by atoms with Gasteiger partial charge in [-0.05, 0) is 32.3 Å². The van der Waals surface area contributed by atoms with Crippen molar-refractivity contribution in [1.82, 2.24) is 34.9 Å². The van der Waals surface area contributed by atoms with Crippen LogP contribution in [0, 0.1) is 0 Å².